The third kappa shape index (κ3) is 34.6. The Morgan fingerprint density at radius 2 is 1.17 bits per heavy atom. The van der Waals surface area contributed by atoms with Crippen LogP contribution in [0.5, 0.6) is 0 Å². The molecular formula is C31H35Na2O8P. The van der Waals surface area contributed by atoms with Gasteiger partial charge in [0, 0.05) is 12.3 Å². The van der Waals surface area contributed by atoms with E-state index in [1.807, 2.05) is 0 Å². The number of hydrogen-bond acceptors (Lipinski definition) is 8. The monoisotopic (exact) mass is 612 g/mol. The van der Waals surface area contributed by atoms with E-state index in [-0.39, 0.29) is 65.5 Å². The van der Waals surface area contributed by atoms with Crippen LogP contribution < -0.4 is 68.9 Å². The quantitative estimate of drug-likeness (QED) is 0.0379. The summed E-state index contributed by atoms with van der Waals surface area (Å²) in [6.07, 6.45) is 17.4. The number of rotatable bonds is 19. The van der Waals surface area contributed by atoms with Crippen molar-refractivity contribution in [3.63, 3.8) is 0 Å². The van der Waals surface area contributed by atoms with Crippen molar-refractivity contribution in [3.8, 4) is 71.5 Å². The van der Waals surface area contributed by atoms with Crippen LogP contribution in [0.2, 0.25) is 0 Å². The summed E-state index contributed by atoms with van der Waals surface area (Å²) in [7, 11) is -5.32. The van der Waals surface area contributed by atoms with Gasteiger partial charge >= 0.3 is 71.1 Å². The van der Waals surface area contributed by atoms with Crippen molar-refractivity contribution in [1.29, 1.82) is 0 Å². The average Bonchev–Trinajstić information content (AvgIpc) is 2.91. The first-order valence-corrected chi connectivity index (χ1v) is 14.7. The zero-order chi connectivity index (χ0) is 29.7. The molecule has 1 atom stereocenters. The summed E-state index contributed by atoms with van der Waals surface area (Å²) >= 11 is 0. The SMILES string of the molecule is C#CC#CC#CC#CC#CC#CC(=O)OC[C@H](COP(=O)([O-])[O-])OC(=O)CCCCCCCCCCCCCC.[Na+].[Na+]. The molecule has 0 aromatic heterocycles. The fraction of sp³-hybridized carbons (Fsp3) is 0.548. The summed E-state index contributed by atoms with van der Waals surface area (Å²) in [5, 5.41) is 0. The molecule has 42 heavy (non-hydrogen) atoms. The summed E-state index contributed by atoms with van der Waals surface area (Å²) in [6, 6.07) is 0. The van der Waals surface area contributed by atoms with Crippen LogP contribution in [-0.4, -0.2) is 31.3 Å². The molecule has 0 saturated heterocycles. The Morgan fingerprint density at radius 1 is 0.714 bits per heavy atom. The van der Waals surface area contributed by atoms with Crippen molar-refractivity contribution >= 4 is 19.8 Å². The normalized spacial score (nSPS) is 9.67. The Morgan fingerprint density at radius 3 is 1.64 bits per heavy atom. The van der Waals surface area contributed by atoms with Gasteiger partial charge in [-0.25, -0.2) is 4.79 Å². The first kappa shape index (κ1) is 44.8. The molecule has 8 nitrogen and oxygen atoms in total. The molecule has 0 rings (SSSR count). The number of unbranched alkanes of at least 4 members (excludes halogenated alkanes) is 11. The summed E-state index contributed by atoms with van der Waals surface area (Å²) in [4.78, 5) is 45.5. The first-order valence-electron chi connectivity index (χ1n) is 13.3. The van der Waals surface area contributed by atoms with Crippen molar-refractivity contribution in [3.05, 3.63) is 0 Å². The van der Waals surface area contributed by atoms with Gasteiger partial charge in [-0.2, -0.15) is 0 Å². The Kier molecular flexibility index (Phi) is 34.5. The molecule has 0 unspecified atom stereocenters. The maximum Gasteiger partial charge on any atom is 1.00 e. The smallest absolute Gasteiger partial charge is 0.790 e. The molecule has 11 heteroatoms. The number of carbonyl (C=O) groups is 2. The molecule has 0 N–H and O–H groups in total. The largest absolute Gasteiger partial charge is 1.00 e. The molecule has 0 heterocycles. The van der Waals surface area contributed by atoms with Crippen molar-refractivity contribution in [2.75, 3.05) is 13.2 Å². The van der Waals surface area contributed by atoms with E-state index in [2.05, 4.69) is 76.6 Å². The second-order valence-electron chi connectivity index (χ2n) is 8.49. The molecule has 0 aliphatic rings. The fourth-order valence-corrected chi connectivity index (χ4v) is 3.54. The van der Waals surface area contributed by atoms with Crippen molar-refractivity contribution < 1.29 is 97.1 Å². The molecular weight excluding hydrogens is 577 g/mol. The Balaban J connectivity index is -0.00000760. The third-order valence-corrected chi connectivity index (χ3v) is 5.55. The van der Waals surface area contributed by atoms with E-state index in [4.69, 9.17) is 15.9 Å². The second-order valence-corrected chi connectivity index (χ2v) is 9.64. The van der Waals surface area contributed by atoms with Crippen molar-refractivity contribution in [2.45, 2.75) is 96.5 Å². The first-order chi connectivity index (χ1) is 19.3. The van der Waals surface area contributed by atoms with Crippen LogP contribution in [0.4, 0.5) is 0 Å². The minimum atomic E-state index is -5.32. The fourth-order valence-electron chi connectivity index (χ4n) is 3.19. The molecule has 0 spiro atoms. The number of esters is 2. The van der Waals surface area contributed by atoms with Gasteiger partial charge in [0.2, 0.25) is 0 Å². The standard InChI is InChI=1S/C31H37O8P.2Na/c1-3-5-7-9-11-13-15-16-18-20-22-24-26-31(33)39-29(28-38-40(34,35)36)27-37-30(32)25-23-21-19-17-14-12-10-8-6-4-2;;/h2,29H,3,5,7,9,11,13,15-16,18,20,22,24,26-28H2,1H3,(H2,34,35,36);;/q;2*+1/p-2/t29-;;/m1../s1. The summed E-state index contributed by atoms with van der Waals surface area (Å²) in [5.41, 5.74) is 0. The van der Waals surface area contributed by atoms with Crippen LogP contribution in [0.25, 0.3) is 0 Å². The minimum Gasteiger partial charge on any atom is -0.790 e. The van der Waals surface area contributed by atoms with E-state index >= 15 is 0 Å². The van der Waals surface area contributed by atoms with Gasteiger partial charge in [0.15, 0.2) is 6.10 Å². The molecule has 0 saturated carbocycles. The van der Waals surface area contributed by atoms with Crippen molar-refractivity contribution in [2.24, 2.45) is 0 Å². The van der Waals surface area contributed by atoms with Crippen LogP contribution in [0.3, 0.4) is 0 Å². The topological polar surface area (TPSA) is 125 Å². The van der Waals surface area contributed by atoms with Gasteiger partial charge in [0.25, 0.3) is 0 Å². The van der Waals surface area contributed by atoms with Gasteiger partial charge in [-0.1, -0.05) is 77.6 Å². The summed E-state index contributed by atoms with van der Waals surface area (Å²) < 4.78 is 25.0. The van der Waals surface area contributed by atoms with Crippen LogP contribution in [-0.2, 0) is 28.2 Å². The van der Waals surface area contributed by atoms with Gasteiger partial charge in [0.05, 0.1) is 14.4 Å². The van der Waals surface area contributed by atoms with Gasteiger partial charge < -0.3 is 28.3 Å². The third-order valence-electron chi connectivity index (χ3n) is 5.09. The van der Waals surface area contributed by atoms with Crippen molar-refractivity contribution in [1.82, 2.24) is 0 Å². The molecule has 0 aromatic carbocycles. The molecule has 0 amide bonds. The predicted octanol–water partition coefficient (Wildman–Crippen LogP) is -2.96. The number of phosphoric acid groups is 1. The number of phosphoric ester groups is 1. The van der Waals surface area contributed by atoms with E-state index in [0.717, 1.165) is 19.3 Å². The zero-order valence-electron chi connectivity index (χ0n) is 25.0. The Bertz CT molecular complexity index is 1180. The molecule has 214 valence electrons. The van der Waals surface area contributed by atoms with E-state index in [0.29, 0.717) is 6.42 Å². The molecule has 0 radical (unpaired) electrons. The van der Waals surface area contributed by atoms with Gasteiger partial charge in [0.1, 0.15) is 6.61 Å². The molecule has 0 aliphatic heterocycles. The van der Waals surface area contributed by atoms with Crippen LogP contribution >= 0.6 is 7.82 Å². The van der Waals surface area contributed by atoms with E-state index in [9.17, 15) is 23.9 Å². The molecule has 0 aromatic rings. The number of carbonyl (C=O) groups excluding carboxylic acids is 2. The Labute approximate surface area is 295 Å². The maximum absolute atomic E-state index is 12.1. The maximum atomic E-state index is 12.1. The summed E-state index contributed by atoms with van der Waals surface area (Å²) in [6.45, 7) is 0.872. The molecule has 0 bridgehead atoms. The van der Waals surface area contributed by atoms with Gasteiger partial charge in [-0.15, -0.1) is 6.42 Å². The number of hydrogen-bond donors (Lipinski definition) is 0. The second kappa shape index (κ2) is 32.3. The zero-order valence-corrected chi connectivity index (χ0v) is 29.9. The molecule has 0 aliphatic carbocycles. The molecule has 0 fully saturated rings. The van der Waals surface area contributed by atoms with E-state index in [1.54, 1.807) is 0 Å². The predicted molar refractivity (Wildman–Crippen MR) is 148 cm³/mol. The van der Waals surface area contributed by atoms with E-state index < -0.39 is 39.1 Å². The van der Waals surface area contributed by atoms with Crippen LogP contribution in [0, 0.1) is 71.5 Å². The van der Waals surface area contributed by atoms with Crippen LogP contribution in [0.15, 0.2) is 0 Å². The van der Waals surface area contributed by atoms with Gasteiger partial charge in [-0.05, 0) is 65.6 Å². The summed E-state index contributed by atoms with van der Waals surface area (Å²) in [5.74, 6) is 23.5. The van der Waals surface area contributed by atoms with Crippen LogP contribution in [0.1, 0.15) is 90.4 Å². The average molecular weight is 613 g/mol. The Hall–Kier alpha value is -1.59. The van der Waals surface area contributed by atoms with E-state index in [1.165, 1.54) is 51.4 Å². The minimum absolute atomic E-state index is 0. The van der Waals surface area contributed by atoms with Gasteiger partial charge in [-0.3, -0.25) is 4.79 Å². The number of terminal acetylenes is 1. The number of ether oxygens (including phenoxy) is 2.